The van der Waals surface area contributed by atoms with Crippen LogP contribution in [-0.4, -0.2) is 100 Å². The van der Waals surface area contributed by atoms with Gasteiger partial charge in [-0.2, -0.15) is 0 Å². The van der Waals surface area contributed by atoms with E-state index in [0.717, 1.165) is 51.4 Å². The molecule has 0 spiro atoms. The predicted octanol–water partition coefficient (Wildman–Crippen LogP) is 21.9. The van der Waals surface area contributed by atoms with Gasteiger partial charge in [-0.05, 0) is 44.9 Å². The van der Waals surface area contributed by atoms with Gasteiger partial charge in [0.15, 0.2) is 6.29 Å². The lowest BCUT2D eigenvalue weighted by Gasteiger charge is -2.40. The molecule has 11 heteroatoms. The highest BCUT2D eigenvalue weighted by Crippen LogP contribution is 2.24. The van der Waals surface area contributed by atoms with Crippen molar-refractivity contribution in [1.29, 1.82) is 0 Å². The number of esters is 1. The number of carbonyl (C=O) groups excluding carboxylic acids is 2. The number of rotatable bonds is 73. The molecule has 1 aliphatic rings. The van der Waals surface area contributed by atoms with E-state index in [2.05, 4.69) is 31.3 Å². The Morgan fingerprint density at radius 2 is 0.707 bits per heavy atom. The molecule has 11 nitrogen and oxygen atoms in total. The molecule has 6 N–H and O–H groups in total. The fraction of sp³-hybridized carbons (Fsp3) is 0.926. The maximum Gasteiger partial charge on any atom is 0.305 e. The molecule has 0 aromatic heterocycles. The Balaban J connectivity index is 1.82. The predicted molar refractivity (Wildman–Crippen MR) is 389 cm³/mol. The van der Waals surface area contributed by atoms with Gasteiger partial charge in [0.2, 0.25) is 5.91 Å². The normalized spacial score (nSPS) is 17.6. The molecular formula is C81H155NO10. The van der Waals surface area contributed by atoms with Crippen LogP contribution in [0.15, 0.2) is 24.3 Å². The Kier molecular flexibility index (Phi) is 67.5. The molecule has 7 atom stereocenters. The SMILES string of the molecule is CCCCC/C=C/CC/C=C/C(O)C(COC1OC(CO)C(O)C(O)C1O)NC(=O)CCCCCCCCCCCCCCCCCCCCCCCCCCCCCCCCCCCCCCCCCOC(=O)CCCCCCCCCCCCCCCCCC. The van der Waals surface area contributed by atoms with Gasteiger partial charge in [-0.3, -0.25) is 9.59 Å². The van der Waals surface area contributed by atoms with E-state index in [1.54, 1.807) is 6.08 Å². The molecule has 92 heavy (non-hydrogen) atoms. The zero-order valence-corrected chi connectivity index (χ0v) is 60.8. The summed E-state index contributed by atoms with van der Waals surface area (Å²) in [7, 11) is 0. The van der Waals surface area contributed by atoms with Gasteiger partial charge in [0.25, 0.3) is 0 Å². The van der Waals surface area contributed by atoms with E-state index in [9.17, 15) is 35.1 Å². The zero-order valence-electron chi connectivity index (χ0n) is 60.8. The molecule has 1 saturated heterocycles. The summed E-state index contributed by atoms with van der Waals surface area (Å²) in [6.07, 6.45) is 81.1. The van der Waals surface area contributed by atoms with Crippen molar-refractivity contribution < 1.29 is 49.3 Å². The van der Waals surface area contributed by atoms with Crippen molar-refractivity contribution in [3.63, 3.8) is 0 Å². The van der Waals surface area contributed by atoms with Gasteiger partial charge in [0, 0.05) is 12.8 Å². The van der Waals surface area contributed by atoms with Crippen molar-refractivity contribution in [1.82, 2.24) is 5.32 Å². The van der Waals surface area contributed by atoms with Crippen LogP contribution in [0.5, 0.6) is 0 Å². The molecule has 0 aromatic carbocycles. The Morgan fingerprint density at radius 1 is 0.391 bits per heavy atom. The second kappa shape index (κ2) is 70.5. The van der Waals surface area contributed by atoms with E-state index < -0.39 is 49.5 Å². The number of hydrogen-bond acceptors (Lipinski definition) is 10. The van der Waals surface area contributed by atoms with E-state index in [1.807, 2.05) is 6.08 Å². The fourth-order valence-corrected chi connectivity index (χ4v) is 13.2. The fourth-order valence-electron chi connectivity index (χ4n) is 13.2. The first-order valence-corrected chi connectivity index (χ1v) is 40.6. The topological polar surface area (TPSA) is 175 Å². The molecule has 1 aliphatic heterocycles. The minimum atomic E-state index is -1.57. The minimum Gasteiger partial charge on any atom is -0.466 e. The van der Waals surface area contributed by atoms with Crippen molar-refractivity contribution in [3.05, 3.63) is 24.3 Å². The Bertz CT molecular complexity index is 1580. The molecule has 1 fully saturated rings. The molecule has 0 radical (unpaired) electrons. The second-order valence-electron chi connectivity index (χ2n) is 28.5. The molecule has 0 aliphatic carbocycles. The van der Waals surface area contributed by atoms with Crippen LogP contribution in [0.2, 0.25) is 0 Å². The average Bonchev–Trinajstić information content (AvgIpc) is 0.924. The molecule has 1 amide bonds. The molecule has 0 bridgehead atoms. The van der Waals surface area contributed by atoms with E-state index in [-0.39, 0.29) is 18.5 Å². The molecule has 1 rings (SSSR count). The smallest absolute Gasteiger partial charge is 0.305 e. The van der Waals surface area contributed by atoms with Crippen molar-refractivity contribution in [2.24, 2.45) is 0 Å². The number of aliphatic hydroxyl groups excluding tert-OH is 5. The number of allylic oxidation sites excluding steroid dienone is 3. The summed E-state index contributed by atoms with van der Waals surface area (Å²) in [5.41, 5.74) is 0. The van der Waals surface area contributed by atoms with Crippen LogP contribution < -0.4 is 5.32 Å². The van der Waals surface area contributed by atoms with Crippen molar-refractivity contribution in [3.8, 4) is 0 Å². The van der Waals surface area contributed by atoms with Gasteiger partial charge < -0.3 is 45.1 Å². The summed E-state index contributed by atoms with van der Waals surface area (Å²) in [6.45, 7) is 4.34. The van der Waals surface area contributed by atoms with Gasteiger partial charge in [0.1, 0.15) is 24.4 Å². The lowest BCUT2D eigenvalue weighted by molar-refractivity contribution is -0.302. The minimum absolute atomic E-state index is 0.0226. The summed E-state index contributed by atoms with van der Waals surface area (Å²) in [5.74, 6) is -0.164. The number of carbonyl (C=O) groups is 2. The number of unbranched alkanes of at least 4 members (excludes halogenated alkanes) is 57. The van der Waals surface area contributed by atoms with Crippen LogP contribution in [0.25, 0.3) is 0 Å². The summed E-state index contributed by atoms with van der Waals surface area (Å²) >= 11 is 0. The quantitative estimate of drug-likeness (QED) is 0.0195. The molecule has 544 valence electrons. The van der Waals surface area contributed by atoms with Gasteiger partial charge in [-0.15, -0.1) is 0 Å². The number of nitrogens with one attached hydrogen (secondary N) is 1. The first kappa shape index (κ1) is 88.2. The van der Waals surface area contributed by atoms with Crippen LogP contribution >= 0.6 is 0 Å². The standard InChI is InChI=1S/C81H155NO10/c1-3-5-7-9-11-13-14-15-16-43-46-49-53-57-61-65-69-77(86)90-70-66-62-58-54-50-47-44-41-39-37-35-33-31-29-27-25-23-21-19-17-18-20-22-24-26-28-30-32-34-36-38-40-42-45-48-52-56-60-64-68-76(85)82-73(74(84)67-63-59-55-51-12-10-8-6-4-2)72-91-81-80(89)79(88)78(87)75(71-83)92-81/h12,51,63,67,73-75,78-81,83-84,87-89H,3-11,13-50,52-62,64-66,68-72H2,1-2H3,(H,82,85)/b51-12+,67-63+. The summed E-state index contributed by atoms with van der Waals surface area (Å²) in [4.78, 5) is 25.1. The second-order valence-corrected chi connectivity index (χ2v) is 28.5. The van der Waals surface area contributed by atoms with Crippen LogP contribution in [0.4, 0.5) is 0 Å². The van der Waals surface area contributed by atoms with Gasteiger partial charge in [-0.1, -0.05) is 385 Å². The van der Waals surface area contributed by atoms with Gasteiger partial charge in [-0.25, -0.2) is 0 Å². The lowest BCUT2D eigenvalue weighted by atomic mass is 9.99. The molecular weight excluding hydrogens is 1150 g/mol. The maximum atomic E-state index is 13.0. The number of amides is 1. The van der Waals surface area contributed by atoms with Crippen molar-refractivity contribution >= 4 is 11.9 Å². The molecule has 7 unspecified atom stereocenters. The molecule has 1 heterocycles. The monoisotopic (exact) mass is 1300 g/mol. The van der Waals surface area contributed by atoms with E-state index in [0.29, 0.717) is 19.4 Å². The average molecular weight is 1300 g/mol. The zero-order chi connectivity index (χ0) is 66.5. The third kappa shape index (κ3) is 58.3. The van der Waals surface area contributed by atoms with Crippen LogP contribution in [0.1, 0.15) is 418 Å². The van der Waals surface area contributed by atoms with Crippen molar-refractivity contribution in [2.45, 2.75) is 461 Å². The van der Waals surface area contributed by atoms with Crippen LogP contribution in [-0.2, 0) is 23.8 Å². The van der Waals surface area contributed by atoms with Gasteiger partial charge in [0.05, 0.1) is 32.0 Å². The Morgan fingerprint density at radius 3 is 1.08 bits per heavy atom. The maximum absolute atomic E-state index is 13.0. The first-order chi connectivity index (χ1) is 45.2. The summed E-state index contributed by atoms with van der Waals surface area (Å²) in [5, 5.41) is 54.3. The number of ether oxygens (including phenoxy) is 3. The van der Waals surface area contributed by atoms with E-state index in [1.165, 1.54) is 340 Å². The lowest BCUT2D eigenvalue weighted by Crippen LogP contribution is -2.60. The summed E-state index contributed by atoms with van der Waals surface area (Å²) in [6, 6.07) is -0.821. The molecule has 0 saturated carbocycles. The number of hydrogen-bond donors (Lipinski definition) is 6. The highest BCUT2D eigenvalue weighted by molar-refractivity contribution is 5.76. The highest BCUT2D eigenvalue weighted by Gasteiger charge is 2.44. The Hall–Kier alpha value is -1.86. The third-order valence-electron chi connectivity index (χ3n) is 19.6. The largest absolute Gasteiger partial charge is 0.466 e. The van der Waals surface area contributed by atoms with Crippen LogP contribution in [0.3, 0.4) is 0 Å². The highest BCUT2D eigenvalue weighted by atomic mass is 16.7. The number of aliphatic hydroxyl groups is 5. The Labute approximate surface area is 569 Å². The van der Waals surface area contributed by atoms with Gasteiger partial charge >= 0.3 is 5.97 Å². The summed E-state index contributed by atoms with van der Waals surface area (Å²) < 4.78 is 16.7. The first-order valence-electron chi connectivity index (χ1n) is 40.6. The van der Waals surface area contributed by atoms with E-state index >= 15 is 0 Å². The van der Waals surface area contributed by atoms with Crippen molar-refractivity contribution in [2.75, 3.05) is 19.8 Å². The third-order valence-corrected chi connectivity index (χ3v) is 19.6. The van der Waals surface area contributed by atoms with E-state index in [4.69, 9.17) is 14.2 Å². The van der Waals surface area contributed by atoms with Crippen LogP contribution in [0, 0.1) is 0 Å². The molecule has 0 aromatic rings.